The van der Waals surface area contributed by atoms with E-state index >= 15 is 0 Å². The van der Waals surface area contributed by atoms with Gasteiger partial charge in [0.25, 0.3) is 0 Å². The van der Waals surface area contributed by atoms with Crippen LogP contribution in [0.5, 0.6) is 5.75 Å². The lowest BCUT2D eigenvalue weighted by molar-refractivity contribution is 0.298. The number of nitrogens with one attached hydrogen (secondary N) is 1. The monoisotopic (exact) mass is 244 g/mol. The first-order valence-corrected chi connectivity index (χ1v) is 5.81. The lowest BCUT2D eigenvalue weighted by Crippen LogP contribution is -2.09. The van der Waals surface area contributed by atoms with Crippen molar-refractivity contribution in [1.82, 2.24) is 9.97 Å². The van der Waals surface area contributed by atoms with E-state index in [0.29, 0.717) is 12.4 Å². The molecule has 0 atom stereocenters. The Hall–Kier alpha value is -2.14. The van der Waals surface area contributed by atoms with E-state index in [9.17, 15) is 0 Å². The highest BCUT2D eigenvalue weighted by atomic mass is 16.5. The van der Waals surface area contributed by atoms with Gasteiger partial charge in [-0.2, -0.15) is 0 Å². The molecule has 1 heterocycles. The molecule has 0 spiro atoms. The highest BCUT2D eigenvalue weighted by Gasteiger charge is 2.02. The van der Waals surface area contributed by atoms with Gasteiger partial charge in [-0.3, -0.25) is 4.98 Å². The Bertz CT molecular complexity index is 499. The predicted octanol–water partition coefficient (Wildman–Crippen LogP) is 1.90. The first-order chi connectivity index (χ1) is 8.83. The lowest BCUT2D eigenvalue weighted by atomic mass is 10.1. The fraction of sp³-hybridized carbons (Fsp3) is 0.231. The van der Waals surface area contributed by atoms with Crippen LogP contribution in [0, 0.1) is 0 Å². The molecule has 2 aromatic rings. The highest BCUT2D eigenvalue weighted by molar-refractivity contribution is 5.33. The zero-order valence-electron chi connectivity index (χ0n) is 10.3. The van der Waals surface area contributed by atoms with E-state index in [1.165, 1.54) is 5.56 Å². The molecule has 18 heavy (non-hydrogen) atoms. The summed E-state index contributed by atoms with van der Waals surface area (Å²) in [6, 6.07) is 7.99. The number of nitrogens with zero attached hydrogens (tertiary/aromatic N) is 2. The summed E-state index contributed by atoms with van der Waals surface area (Å²) >= 11 is 0. The molecule has 5 nitrogen and oxygen atoms in total. The molecule has 1 aromatic heterocycles. The van der Waals surface area contributed by atoms with Crippen LogP contribution in [0.25, 0.3) is 0 Å². The number of hydrogen-bond acceptors (Lipinski definition) is 5. The molecule has 0 aliphatic heterocycles. The van der Waals surface area contributed by atoms with Crippen molar-refractivity contribution in [2.24, 2.45) is 5.84 Å². The van der Waals surface area contributed by atoms with Crippen LogP contribution < -0.4 is 16.0 Å². The van der Waals surface area contributed by atoms with Crippen molar-refractivity contribution in [3.8, 4) is 5.75 Å². The number of aryl methyl sites for hydroxylation is 1. The van der Waals surface area contributed by atoms with Crippen molar-refractivity contribution in [1.29, 1.82) is 0 Å². The second kappa shape index (κ2) is 5.97. The van der Waals surface area contributed by atoms with Crippen LogP contribution in [0.3, 0.4) is 0 Å². The van der Waals surface area contributed by atoms with Crippen LogP contribution in [-0.2, 0) is 13.0 Å². The molecule has 1 aromatic carbocycles. The zero-order valence-corrected chi connectivity index (χ0v) is 10.3. The Balaban J connectivity index is 2.02. The van der Waals surface area contributed by atoms with Gasteiger partial charge in [0.1, 0.15) is 12.4 Å². The fourth-order valence-electron chi connectivity index (χ4n) is 1.59. The molecule has 0 aliphatic carbocycles. The summed E-state index contributed by atoms with van der Waals surface area (Å²) in [7, 11) is 0. The Morgan fingerprint density at radius 3 is 2.72 bits per heavy atom. The van der Waals surface area contributed by atoms with Gasteiger partial charge in [-0.1, -0.05) is 25.1 Å². The second-order valence-corrected chi connectivity index (χ2v) is 3.79. The van der Waals surface area contributed by atoms with Gasteiger partial charge in [0.15, 0.2) is 5.82 Å². The molecule has 5 heteroatoms. The molecule has 0 aliphatic rings. The zero-order chi connectivity index (χ0) is 12.8. The van der Waals surface area contributed by atoms with E-state index in [2.05, 4.69) is 28.4 Å². The summed E-state index contributed by atoms with van der Waals surface area (Å²) in [5.74, 6) is 6.65. The van der Waals surface area contributed by atoms with Crippen molar-refractivity contribution in [3.63, 3.8) is 0 Å². The van der Waals surface area contributed by atoms with E-state index in [1.54, 1.807) is 12.4 Å². The van der Waals surface area contributed by atoms with E-state index in [1.807, 2.05) is 18.2 Å². The average Bonchev–Trinajstić information content (AvgIpc) is 2.46. The smallest absolute Gasteiger partial charge is 0.158 e. The lowest BCUT2D eigenvalue weighted by Gasteiger charge is -2.09. The minimum absolute atomic E-state index is 0.398. The Morgan fingerprint density at radius 1 is 1.22 bits per heavy atom. The average molecular weight is 244 g/mol. The third-order valence-electron chi connectivity index (χ3n) is 2.58. The molecule has 94 valence electrons. The van der Waals surface area contributed by atoms with E-state index < -0.39 is 0 Å². The number of ether oxygens (including phenoxy) is 1. The number of nitrogens with two attached hydrogens (primary N) is 1. The SMILES string of the molecule is CCc1ccccc1OCc1cnc(NN)cn1. The first-order valence-electron chi connectivity index (χ1n) is 5.81. The van der Waals surface area contributed by atoms with Crippen LogP contribution >= 0.6 is 0 Å². The molecular weight excluding hydrogens is 228 g/mol. The van der Waals surface area contributed by atoms with Gasteiger partial charge in [0.05, 0.1) is 18.1 Å². The number of aromatic nitrogens is 2. The molecule has 0 unspecified atom stereocenters. The summed E-state index contributed by atoms with van der Waals surface area (Å²) in [5.41, 5.74) is 4.38. The van der Waals surface area contributed by atoms with Gasteiger partial charge >= 0.3 is 0 Å². The Kier molecular flexibility index (Phi) is 4.09. The van der Waals surface area contributed by atoms with Gasteiger partial charge in [-0.05, 0) is 18.1 Å². The number of anilines is 1. The first kappa shape index (κ1) is 12.3. The summed E-state index contributed by atoms with van der Waals surface area (Å²) < 4.78 is 5.73. The van der Waals surface area contributed by atoms with E-state index in [4.69, 9.17) is 10.6 Å². The van der Waals surface area contributed by atoms with Crippen LogP contribution in [0.4, 0.5) is 5.82 Å². The van der Waals surface area contributed by atoms with Crippen LogP contribution in [0.15, 0.2) is 36.7 Å². The molecule has 0 bridgehead atoms. The van der Waals surface area contributed by atoms with Gasteiger partial charge in [0, 0.05) is 0 Å². The third-order valence-corrected chi connectivity index (χ3v) is 2.58. The van der Waals surface area contributed by atoms with E-state index in [-0.39, 0.29) is 0 Å². The number of rotatable bonds is 5. The molecule has 3 N–H and O–H groups in total. The highest BCUT2D eigenvalue weighted by Crippen LogP contribution is 2.19. The maximum atomic E-state index is 5.73. The van der Waals surface area contributed by atoms with Crippen molar-refractivity contribution >= 4 is 5.82 Å². The minimum Gasteiger partial charge on any atom is -0.487 e. The summed E-state index contributed by atoms with van der Waals surface area (Å²) in [6.07, 6.45) is 4.16. The van der Waals surface area contributed by atoms with Crippen LogP contribution in [0.2, 0.25) is 0 Å². The van der Waals surface area contributed by atoms with Gasteiger partial charge in [-0.25, -0.2) is 10.8 Å². The molecule has 0 amide bonds. The largest absolute Gasteiger partial charge is 0.487 e. The quantitative estimate of drug-likeness (QED) is 0.621. The van der Waals surface area contributed by atoms with E-state index in [0.717, 1.165) is 17.9 Å². The topological polar surface area (TPSA) is 73.1 Å². The minimum atomic E-state index is 0.398. The van der Waals surface area contributed by atoms with Crippen LogP contribution in [0.1, 0.15) is 18.2 Å². The number of benzene rings is 1. The number of para-hydroxylation sites is 1. The number of hydrogen-bond donors (Lipinski definition) is 2. The molecule has 2 rings (SSSR count). The Morgan fingerprint density at radius 2 is 2.06 bits per heavy atom. The molecular formula is C13H16N4O. The molecule has 0 saturated carbocycles. The molecule has 0 saturated heterocycles. The second-order valence-electron chi connectivity index (χ2n) is 3.79. The third kappa shape index (κ3) is 2.95. The normalized spacial score (nSPS) is 10.1. The standard InChI is InChI=1S/C13H16N4O/c1-2-10-5-3-4-6-12(10)18-9-11-7-16-13(17-14)8-15-11/h3-8H,2,9,14H2,1H3,(H,16,17). The van der Waals surface area contributed by atoms with Gasteiger partial charge in [-0.15, -0.1) is 0 Å². The fourth-order valence-corrected chi connectivity index (χ4v) is 1.59. The predicted molar refractivity (Wildman–Crippen MR) is 70.0 cm³/mol. The summed E-state index contributed by atoms with van der Waals surface area (Å²) in [4.78, 5) is 8.26. The summed E-state index contributed by atoms with van der Waals surface area (Å²) in [6.45, 7) is 2.50. The number of hydrazine groups is 1. The summed E-state index contributed by atoms with van der Waals surface area (Å²) in [5, 5.41) is 0. The van der Waals surface area contributed by atoms with Crippen molar-refractivity contribution in [3.05, 3.63) is 47.9 Å². The number of nitrogen functional groups attached to an aromatic ring is 1. The van der Waals surface area contributed by atoms with Crippen molar-refractivity contribution < 1.29 is 4.74 Å². The van der Waals surface area contributed by atoms with Crippen molar-refractivity contribution in [2.75, 3.05) is 5.43 Å². The molecule has 0 fully saturated rings. The maximum absolute atomic E-state index is 5.73. The Labute approximate surface area is 106 Å². The van der Waals surface area contributed by atoms with Gasteiger partial charge in [0.2, 0.25) is 0 Å². The van der Waals surface area contributed by atoms with Gasteiger partial charge < -0.3 is 10.2 Å². The van der Waals surface area contributed by atoms with Crippen molar-refractivity contribution in [2.45, 2.75) is 20.0 Å². The van der Waals surface area contributed by atoms with Crippen LogP contribution in [-0.4, -0.2) is 9.97 Å². The maximum Gasteiger partial charge on any atom is 0.158 e. The molecule has 0 radical (unpaired) electrons.